The van der Waals surface area contributed by atoms with Crippen molar-refractivity contribution in [3.05, 3.63) is 48.8 Å². The Morgan fingerprint density at radius 3 is 2.66 bits per heavy atom. The van der Waals surface area contributed by atoms with E-state index in [0.717, 1.165) is 21.5 Å². The highest BCUT2D eigenvalue weighted by Crippen LogP contribution is 2.37. The predicted octanol–water partition coefficient (Wildman–Crippen LogP) is 3.38. The summed E-state index contributed by atoms with van der Waals surface area (Å²) in [4.78, 5) is 47.0. The van der Waals surface area contributed by atoms with Gasteiger partial charge in [-0.25, -0.2) is 9.97 Å². The van der Waals surface area contributed by atoms with E-state index in [4.69, 9.17) is 34.3 Å². The molecular weight excluding hydrogens is 611 g/mol. The van der Waals surface area contributed by atoms with Gasteiger partial charge in [0.05, 0.1) is 26.1 Å². The van der Waals surface area contributed by atoms with Gasteiger partial charge in [0.2, 0.25) is 26.6 Å². The molecule has 2 unspecified atom stereocenters. The molecule has 0 bridgehead atoms. The molecule has 3 heterocycles. The van der Waals surface area contributed by atoms with Crippen molar-refractivity contribution in [2.45, 2.75) is 49.4 Å². The lowest BCUT2D eigenvalue weighted by molar-refractivity contribution is -0.191. The number of nitrogens with two attached hydrogens (primary N) is 1. The maximum absolute atomic E-state index is 13.3. The summed E-state index contributed by atoms with van der Waals surface area (Å²) in [6.45, 7) is 5.49. The summed E-state index contributed by atoms with van der Waals surface area (Å²) in [6.07, 6.45) is 1.24. The molecule has 0 aliphatic carbocycles. The number of carbonyl (C=O) groups excluding carboxylic acids is 1. The fourth-order valence-electron chi connectivity index (χ4n) is 3.99. The number of aromatic nitrogens is 4. The third-order valence-corrected chi connectivity index (χ3v) is 8.23. The molecule has 4 aromatic rings. The lowest BCUT2D eigenvalue weighted by Gasteiger charge is -2.23. The van der Waals surface area contributed by atoms with Crippen molar-refractivity contribution in [2.75, 3.05) is 26.2 Å². The topological polar surface area (TPSA) is 168 Å². The largest absolute Gasteiger partial charge is 0.610 e. The first-order chi connectivity index (χ1) is 21.2. The number of fused-ring (bicyclic) bond motifs is 2. The highest BCUT2D eigenvalue weighted by atomic mass is 32.2. The normalized spacial score (nSPS) is 13.5. The Kier molecular flexibility index (Phi) is 10.0. The number of ether oxygens (including phenoxy) is 5. The van der Waals surface area contributed by atoms with Crippen LogP contribution < -0.4 is 29.7 Å². The molecule has 1 aliphatic rings. The Balaban J connectivity index is 1.27. The zero-order valence-electron chi connectivity index (χ0n) is 24.4. The van der Waals surface area contributed by atoms with Crippen molar-refractivity contribution < 1.29 is 38.2 Å². The Morgan fingerprint density at radius 2 is 1.91 bits per heavy atom. The van der Waals surface area contributed by atoms with Crippen molar-refractivity contribution in [3.63, 3.8) is 0 Å². The van der Waals surface area contributed by atoms with Crippen LogP contribution in [0, 0.1) is 0 Å². The number of anilines is 1. The van der Waals surface area contributed by atoms with Gasteiger partial charge in [0.1, 0.15) is 16.3 Å². The standard InChI is InChI=1S/C28H31N6O8PS/c1-17(2)41-27(35)18(3)34(42-20-7-10-22-23(13-20)40-15-39-22)43(36)16-38-12-11-33-14-30-24-25(33)31-28(29)32-26(24)44-21-8-5-19(37-4)6-9-21/h5-10,13-14,16-18H,11-12,15H2,1-4H3,(H2,29,31,32). The van der Waals surface area contributed by atoms with Crippen LogP contribution in [-0.2, 0) is 20.8 Å². The first-order valence-electron chi connectivity index (χ1n) is 13.5. The molecule has 0 saturated heterocycles. The van der Waals surface area contributed by atoms with Gasteiger partial charge in [0, 0.05) is 22.3 Å². The predicted molar refractivity (Wildman–Crippen MR) is 162 cm³/mol. The number of hydrogen-bond donors (Lipinski definition) is 1. The molecule has 0 fully saturated rings. The van der Waals surface area contributed by atoms with E-state index in [1.807, 2.05) is 24.3 Å². The lowest BCUT2D eigenvalue weighted by atomic mass is 10.3. The van der Waals surface area contributed by atoms with Crippen LogP contribution >= 0.6 is 19.7 Å². The van der Waals surface area contributed by atoms with Gasteiger partial charge >= 0.3 is 5.97 Å². The molecule has 2 aromatic carbocycles. The third-order valence-electron chi connectivity index (χ3n) is 6.10. The number of nitrogens with zero attached hydrogens (tertiary/aromatic N) is 5. The van der Waals surface area contributed by atoms with Gasteiger partial charge in [-0.1, -0.05) is 11.8 Å². The van der Waals surface area contributed by atoms with Crippen LogP contribution in [0.15, 0.2) is 58.7 Å². The molecule has 2 N–H and O–H groups in total. The molecule has 1 aliphatic heterocycles. The molecular formula is C28H31N6O8PS. The molecule has 16 heteroatoms. The van der Waals surface area contributed by atoms with Crippen LogP contribution in [0.25, 0.3) is 11.2 Å². The maximum Gasteiger partial charge on any atom is 0.331 e. The minimum atomic E-state index is -2.46. The summed E-state index contributed by atoms with van der Waals surface area (Å²) >= 11 is 1.40. The summed E-state index contributed by atoms with van der Waals surface area (Å²) < 4.78 is 28.6. The van der Waals surface area contributed by atoms with Gasteiger partial charge in [-0.3, -0.25) is 4.79 Å². The third kappa shape index (κ3) is 7.49. The Hall–Kier alpha value is -4.14. The van der Waals surface area contributed by atoms with Gasteiger partial charge < -0.3 is 43.7 Å². The summed E-state index contributed by atoms with van der Waals surface area (Å²) in [7, 11) is -0.849. The van der Waals surface area contributed by atoms with Gasteiger partial charge in [-0.2, -0.15) is 4.98 Å². The monoisotopic (exact) mass is 642 g/mol. The van der Waals surface area contributed by atoms with Gasteiger partial charge in [0.25, 0.3) is 0 Å². The van der Waals surface area contributed by atoms with Crippen LogP contribution in [-0.4, -0.2) is 69.0 Å². The van der Waals surface area contributed by atoms with E-state index in [-0.39, 0.29) is 25.5 Å². The van der Waals surface area contributed by atoms with E-state index in [0.29, 0.717) is 40.0 Å². The molecule has 2 aromatic heterocycles. The number of hydroxylamine groups is 1. The summed E-state index contributed by atoms with van der Waals surface area (Å²) in [5, 5.41) is 0.602. The van der Waals surface area contributed by atoms with Gasteiger partial charge in [0.15, 0.2) is 28.9 Å². The van der Waals surface area contributed by atoms with E-state index >= 15 is 0 Å². The Labute approximate surface area is 258 Å². The number of hydrogen-bond acceptors (Lipinski definition) is 14. The van der Waals surface area contributed by atoms with Crippen LogP contribution in [0.1, 0.15) is 20.8 Å². The summed E-state index contributed by atoms with van der Waals surface area (Å²) in [5.74, 6) is 2.68. The summed E-state index contributed by atoms with van der Waals surface area (Å²) in [5.41, 5.74) is 7.12. The van der Waals surface area contributed by atoms with E-state index in [1.165, 1.54) is 18.7 Å². The number of methoxy groups -OCH3 is 1. The van der Waals surface area contributed by atoms with Crippen molar-refractivity contribution in [1.29, 1.82) is 0 Å². The smallest absolute Gasteiger partial charge is 0.331 e. The van der Waals surface area contributed by atoms with Crippen LogP contribution in [0.2, 0.25) is 0 Å². The van der Waals surface area contributed by atoms with Gasteiger partial charge in [-0.05, 0) is 57.2 Å². The van der Waals surface area contributed by atoms with Crippen molar-refractivity contribution in [3.8, 4) is 23.0 Å². The molecule has 44 heavy (non-hydrogen) atoms. The minimum Gasteiger partial charge on any atom is -0.610 e. The second-order valence-corrected chi connectivity index (χ2v) is 11.9. The van der Waals surface area contributed by atoms with Crippen molar-refractivity contribution >= 4 is 48.7 Å². The number of esters is 1. The van der Waals surface area contributed by atoms with E-state index in [1.54, 1.807) is 50.1 Å². The fourth-order valence-corrected chi connectivity index (χ4v) is 5.80. The maximum atomic E-state index is 13.3. The van der Waals surface area contributed by atoms with Crippen molar-refractivity contribution in [1.82, 2.24) is 24.4 Å². The van der Waals surface area contributed by atoms with Crippen LogP contribution in [0.5, 0.6) is 23.0 Å². The number of rotatable bonds is 13. The molecule has 2 atom stereocenters. The molecule has 0 amide bonds. The molecule has 0 radical (unpaired) electrons. The Morgan fingerprint density at radius 1 is 1.16 bits per heavy atom. The number of nitrogen functional groups attached to an aromatic ring is 1. The quantitative estimate of drug-likeness (QED) is 0.0741. The second-order valence-electron chi connectivity index (χ2n) is 9.62. The first-order valence-corrected chi connectivity index (χ1v) is 15.6. The molecule has 14 nitrogen and oxygen atoms in total. The zero-order chi connectivity index (χ0) is 31.2. The Bertz CT molecular complexity index is 1650. The zero-order valence-corrected chi connectivity index (χ0v) is 26.1. The second kappa shape index (κ2) is 14.1. The van der Waals surface area contributed by atoms with E-state index in [9.17, 15) is 9.69 Å². The molecule has 0 spiro atoms. The first kappa shape index (κ1) is 31.3. The SMILES string of the molecule is COc1ccc(Sc2nc(N)nc3c2ncn3CCOC=[P+]([O-])N(Oc2ccc3c(c2)OCO3)C(C)C(=O)OC(C)C)cc1. The lowest BCUT2D eigenvalue weighted by Crippen LogP contribution is -2.40. The van der Waals surface area contributed by atoms with E-state index in [2.05, 4.69) is 15.0 Å². The average Bonchev–Trinajstić information content (AvgIpc) is 3.64. The van der Waals surface area contributed by atoms with Crippen LogP contribution in [0.4, 0.5) is 5.95 Å². The highest BCUT2D eigenvalue weighted by molar-refractivity contribution is 7.99. The molecule has 5 rings (SSSR count). The number of imidazole rings is 1. The minimum absolute atomic E-state index is 0.0865. The van der Waals surface area contributed by atoms with Crippen LogP contribution in [0.3, 0.4) is 0 Å². The number of benzene rings is 2. The summed E-state index contributed by atoms with van der Waals surface area (Å²) in [6, 6.07) is 11.4. The fraction of sp³-hybridized carbons (Fsp3) is 0.321. The number of carbonyl (C=O) groups is 1. The molecule has 0 saturated carbocycles. The van der Waals surface area contributed by atoms with Gasteiger partial charge in [-0.15, -0.1) is 0 Å². The van der Waals surface area contributed by atoms with Crippen molar-refractivity contribution in [2.24, 2.45) is 0 Å². The van der Waals surface area contributed by atoms with E-state index < -0.39 is 19.9 Å². The molecule has 232 valence electrons. The highest BCUT2D eigenvalue weighted by Gasteiger charge is 2.33. The average molecular weight is 643 g/mol.